The van der Waals surface area contributed by atoms with Crippen LogP contribution in [0.15, 0.2) is 156 Å². The fourth-order valence-electron chi connectivity index (χ4n) is 9.97. The number of halogens is 1. The predicted octanol–water partition coefficient (Wildman–Crippen LogP) is 18.3. The Hall–Kier alpha value is -5.90. The van der Waals surface area contributed by atoms with Crippen LogP contribution in [-0.2, 0) is 21.7 Å². The lowest BCUT2D eigenvalue weighted by atomic mass is 9.85. The number of fused-ring (bicyclic) bond motifs is 7. The first kappa shape index (κ1) is 43.0. The third-order valence-electron chi connectivity index (χ3n) is 13.8. The minimum Gasteiger partial charge on any atom is -0.309 e. The van der Waals surface area contributed by atoms with E-state index in [2.05, 4.69) is 260 Å². The summed E-state index contributed by atoms with van der Waals surface area (Å²) in [6.07, 6.45) is 0. The highest BCUT2D eigenvalue weighted by molar-refractivity contribution is 9.10. The van der Waals surface area contributed by atoms with E-state index in [9.17, 15) is 0 Å². The first-order valence-corrected chi connectivity index (χ1v) is 24.1. The van der Waals surface area contributed by atoms with Crippen LogP contribution in [0.5, 0.6) is 0 Å². The predicted molar refractivity (Wildman–Crippen MR) is 286 cm³/mol. The average Bonchev–Trinajstić information content (AvgIpc) is 3.76. The van der Waals surface area contributed by atoms with Gasteiger partial charge >= 0.3 is 0 Å². The molecule has 0 aliphatic carbocycles. The maximum Gasteiger partial charge on any atom is 0.0625 e. The fraction of sp³-hybridized carbons (Fsp3) is 0.258. The van der Waals surface area contributed by atoms with Crippen molar-refractivity contribution in [2.75, 3.05) is 0 Å². The number of rotatable bonds is 4. The van der Waals surface area contributed by atoms with Crippen LogP contribution >= 0.6 is 15.9 Å². The topological polar surface area (TPSA) is 9.86 Å². The van der Waals surface area contributed by atoms with Crippen molar-refractivity contribution in [2.45, 2.75) is 105 Å². The molecule has 0 bridgehead atoms. The van der Waals surface area contributed by atoms with E-state index >= 15 is 0 Å². The molecule has 0 aliphatic rings. The summed E-state index contributed by atoms with van der Waals surface area (Å²) in [5, 5.41) is 7.57. The Bertz CT molecular complexity index is 3370. The monoisotopic (exact) mass is 912 g/mol. The van der Waals surface area contributed by atoms with Gasteiger partial charge in [-0.1, -0.05) is 174 Å². The van der Waals surface area contributed by atoms with Crippen molar-refractivity contribution in [3.8, 4) is 33.6 Å². The van der Waals surface area contributed by atoms with Gasteiger partial charge in [-0.25, -0.2) is 0 Å². The molecule has 8 aromatic carbocycles. The molecular weight excluding hydrogens is 853 g/mol. The first-order chi connectivity index (χ1) is 30.7. The van der Waals surface area contributed by atoms with Crippen LogP contribution in [-0.4, -0.2) is 9.13 Å². The van der Waals surface area contributed by atoms with Crippen LogP contribution in [0.4, 0.5) is 0 Å². The molecule has 0 unspecified atom stereocenters. The smallest absolute Gasteiger partial charge is 0.0625 e. The van der Waals surface area contributed by atoms with E-state index in [0.717, 1.165) is 15.8 Å². The molecule has 0 N–H and O–H groups in total. The van der Waals surface area contributed by atoms with Crippen LogP contribution in [0, 0.1) is 0 Å². The van der Waals surface area contributed by atoms with Gasteiger partial charge in [-0.15, -0.1) is 0 Å². The Morgan fingerprint density at radius 3 is 1.08 bits per heavy atom. The second-order valence-electron chi connectivity index (χ2n) is 22.5. The molecule has 2 nitrogen and oxygen atoms in total. The maximum atomic E-state index is 4.27. The van der Waals surface area contributed by atoms with Crippen LogP contribution in [0.25, 0.3) is 88.0 Å². The zero-order valence-corrected chi connectivity index (χ0v) is 41.8. The molecule has 3 heteroatoms. The van der Waals surface area contributed by atoms with Gasteiger partial charge in [0.05, 0.1) is 33.4 Å². The molecule has 2 aromatic heterocycles. The first-order valence-electron chi connectivity index (χ1n) is 23.3. The summed E-state index contributed by atoms with van der Waals surface area (Å²) in [7, 11) is 0. The highest BCUT2D eigenvalue weighted by Crippen LogP contribution is 2.46. The van der Waals surface area contributed by atoms with Crippen molar-refractivity contribution >= 4 is 70.3 Å². The zero-order chi connectivity index (χ0) is 46.0. The maximum absolute atomic E-state index is 4.27. The molecule has 0 spiro atoms. The summed E-state index contributed by atoms with van der Waals surface area (Å²) < 4.78 is 6.09. The number of benzene rings is 8. The molecule has 0 atom stereocenters. The lowest BCUT2D eigenvalue weighted by Crippen LogP contribution is -2.10. The molecule has 326 valence electrons. The number of nitrogens with zero attached hydrogens (tertiary/aromatic N) is 2. The van der Waals surface area contributed by atoms with Gasteiger partial charge < -0.3 is 9.13 Å². The highest BCUT2D eigenvalue weighted by atomic mass is 79.9. The van der Waals surface area contributed by atoms with Crippen molar-refractivity contribution in [3.05, 3.63) is 178 Å². The van der Waals surface area contributed by atoms with Crippen molar-refractivity contribution in [3.63, 3.8) is 0 Å². The van der Waals surface area contributed by atoms with Crippen LogP contribution < -0.4 is 0 Å². The van der Waals surface area contributed by atoms with Crippen LogP contribution in [0.3, 0.4) is 0 Å². The summed E-state index contributed by atoms with van der Waals surface area (Å²) >= 11 is 4.27. The van der Waals surface area contributed by atoms with Gasteiger partial charge in [0.1, 0.15) is 0 Å². The summed E-state index contributed by atoms with van der Waals surface area (Å²) in [5.74, 6) is 0. The Morgan fingerprint density at radius 2 is 0.677 bits per heavy atom. The molecule has 0 saturated carbocycles. The van der Waals surface area contributed by atoms with E-state index < -0.39 is 0 Å². The van der Waals surface area contributed by atoms with Gasteiger partial charge in [0.15, 0.2) is 0 Å². The summed E-state index contributed by atoms with van der Waals surface area (Å²) in [4.78, 5) is 0. The largest absolute Gasteiger partial charge is 0.309 e. The lowest BCUT2D eigenvalue weighted by molar-refractivity contribution is 0.590. The van der Waals surface area contributed by atoms with E-state index in [4.69, 9.17) is 0 Å². The second kappa shape index (κ2) is 15.1. The summed E-state index contributed by atoms with van der Waals surface area (Å²) in [6, 6.07) is 57.8. The fourth-order valence-corrected chi connectivity index (χ4v) is 10.5. The van der Waals surface area contributed by atoms with Gasteiger partial charge in [0, 0.05) is 31.6 Å². The van der Waals surface area contributed by atoms with Crippen molar-refractivity contribution < 1.29 is 0 Å². The molecule has 0 radical (unpaired) electrons. The SMILES string of the molecule is CC(C)(C)c1ccc2c(c1)c1cc(C(C)(C)C)ccc1n2-c1cc(-n2c3ccc(C(C)(C)C)cc3c3cc(C(C)(C)C)ccc32)c(-c2cccc3c(-c4ccccc4)cccc23)cc1Br. The van der Waals surface area contributed by atoms with Crippen molar-refractivity contribution in [1.82, 2.24) is 9.13 Å². The zero-order valence-electron chi connectivity index (χ0n) is 40.2. The minimum absolute atomic E-state index is 0.00412. The molecule has 0 aliphatic heterocycles. The van der Waals surface area contributed by atoms with Crippen molar-refractivity contribution in [2.24, 2.45) is 0 Å². The third-order valence-corrected chi connectivity index (χ3v) is 14.5. The molecule has 10 rings (SSSR count). The van der Waals surface area contributed by atoms with E-state index in [1.807, 2.05) is 0 Å². The Labute approximate surface area is 394 Å². The quantitative estimate of drug-likeness (QED) is 0.166. The molecule has 0 saturated heterocycles. The summed E-state index contributed by atoms with van der Waals surface area (Å²) in [6.45, 7) is 27.8. The molecule has 10 aromatic rings. The third kappa shape index (κ3) is 7.32. The number of hydrogen-bond donors (Lipinski definition) is 0. The summed E-state index contributed by atoms with van der Waals surface area (Å²) in [5.41, 5.74) is 17.2. The lowest BCUT2D eigenvalue weighted by Gasteiger charge is -2.22. The van der Waals surface area contributed by atoms with Crippen LogP contribution in [0.2, 0.25) is 0 Å². The Kier molecular flexibility index (Phi) is 9.98. The molecule has 2 heterocycles. The van der Waals surface area contributed by atoms with Gasteiger partial charge in [-0.2, -0.15) is 0 Å². The van der Waals surface area contributed by atoms with E-state index in [0.29, 0.717) is 0 Å². The number of hydrogen-bond acceptors (Lipinski definition) is 0. The molecular formula is C62H61BrN2. The van der Waals surface area contributed by atoms with Crippen molar-refractivity contribution in [1.29, 1.82) is 0 Å². The van der Waals surface area contributed by atoms with E-state index in [-0.39, 0.29) is 21.7 Å². The number of aromatic nitrogens is 2. The van der Waals surface area contributed by atoms with Gasteiger partial charge in [-0.05, 0) is 148 Å². The highest BCUT2D eigenvalue weighted by Gasteiger charge is 2.26. The second-order valence-corrected chi connectivity index (χ2v) is 23.3. The molecule has 0 fully saturated rings. The molecule has 65 heavy (non-hydrogen) atoms. The standard InChI is InChI=1S/C62H61BrN2/c1-59(2,3)39-24-28-53-47(32-39)48-33-40(60(4,5)6)25-29-54(48)64(53)57-37-58(52(63)36-51(57)46-23-17-21-44-43(20-16-22-45(44)46)38-18-14-13-15-19-38)65-55-30-26-41(61(7,8)9)34-49(55)50-35-42(62(10,11)12)27-31-56(50)65/h13-37H,1-12H3. The normalized spacial score (nSPS) is 13.0. The molecule has 0 amide bonds. The van der Waals surface area contributed by atoms with Crippen LogP contribution in [0.1, 0.15) is 105 Å². The Morgan fingerprint density at radius 1 is 0.308 bits per heavy atom. The average molecular weight is 914 g/mol. The Balaban J connectivity index is 1.35. The van der Waals surface area contributed by atoms with Gasteiger partial charge in [-0.3, -0.25) is 0 Å². The van der Waals surface area contributed by atoms with E-state index in [1.54, 1.807) is 0 Å². The van der Waals surface area contributed by atoms with Gasteiger partial charge in [0.25, 0.3) is 0 Å². The van der Waals surface area contributed by atoms with E-state index in [1.165, 1.54) is 98.9 Å². The minimum atomic E-state index is -0.00412. The van der Waals surface area contributed by atoms with Gasteiger partial charge in [0.2, 0.25) is 0 Å².